The normalized spacial score (nSPS) is 10.4. The maximum absolute atomic E-state index is 12.2. The summed E-state index contributed by atoms with van der Waals surface area (Å²) in [5.74, 6) is -0.426. The van der Waals surface area contributed by atoms with Crippen molar-refractivity contribution in [2.45, 2.75) is 39.7 Å². The Hall–Kier alpha value is -1.84. The first kappa shape index (κ1) is 15.2. The van der Waals surface area contributed by atoms with Crippen molar-refractivity contribution in [1.82, 2.24) is 0 Å². The van der Waals surface area contributed by atoms with Gasteiger partial charge in [-0.25, -0.2) is 0 Å². The number of rotatable bonds is 5. The topological polar surface area (TPSA) is 46.6 Å². The van der Waals surface area contributed by atoms with Gasteiger partial charge < -0.3 is 9.64 Å². The second-order valence-electron chi connectivity index (χ2n) is 4.77. The Morgan fingerprint density at radius 3 is 2.21 bits per heavy atom. The highest BCUT2D eigenvalue weighted by atomic mass is 16.5. The maximum Gasteiger partial charge on any atom is 0.306 e. The first-order valence-electron chi connectivity index (χ1n) is 6.41. The summed E-state index contributed by atoms with van der Waals surface area (Å²) in [5.41, 5.74) is 2.00. The van der Waals surface area contributed by atoms with Crippen LogP contribution >= 0.6 is 0 Å². The van der Waals surface area contributed by atoms with Crippen LogP contribution in [0.2, 0.25) is 0 Å². The van der Waals surface area contributed by atoms with Gasteiger partial charge in [0.05, 0.1) is 13.5 Å². The molecule has 0 spiro atoms. The molecule has 0 heterocycles. The summed E-state index contributed by atoms with van der Waals surface area (Å²) in [7, 11) is 1.33. The van der Waals surface area contributed by atoms with Gasteiger partial charge in [0.15, 0.2) is 0 Å². The number of benzene rings is 1. The van der Waals surface area contributed by atoms with Gasteiger partial charge in [-0.2, -0.15) is 0 Å². The van der Waals surface area contributed by atoms with Gasteiger partial charge in [-0.1, -0.05) is 17.7 Å². The number of hydrogen-bond donors (Lipinski definition) is 0. The summed E-state index contributed by atoms with van der Waals surface area (Å²) >= 11 is 0. The monoisotopic (exact) mass is 263 g/mol. The minimum atomic E-state index is -0.360. The number of ether oxygens (including phenoxy) is 1. The van der Waals surface area contributed by atoms with Crippen molar-refractivity contribution in [3.63, 3.8) is 0 Å². The molecular formula is C15H21NO3. The van der Waals surface area contributed by atoms with E-state index in [1.165, 1.54) is 7.11 Å². The molecule has 0 aliphatic rings. The fraction of sp³-hybridized carbons (Fsp3) is 0.467. The lowest BCUT2D eigenvalue weighted by atomic mass is 10.1. The molecule has 0 unspecified atom stereocenters. The molecular weight excluding hydrogens is 242 g/mol. The van der Waals surface area contributed by atoms with Gasteiger partial charge >= 0.3 is 5.97 Å². The van der Waals surface area contributed by atoms with Crippen molar-refractivity contribution in [3.05, 3.63) is 29.8 Å². The highest BCUT2D eigenvalue weighted by Crippen LogP contribution is 2.19. The predicted octanol–water partition coefficient (Wildman–Crippen LogP) is 2.69. The van der Waals surface area contributed by atoms with Crippen molar-refractivity contribution < 1.29 is 14.3 Å². The molecule has 4 heteroatoms. The molecule has 0 atom stereocenters. The van der Waals surface area contributed by atoms with E-state index in [2.05, 4.69) is 4.74 Å². The summed E-state index contributed by atoms with van der Waals surface area (Å²) < 4.78 is 4.55. The Bertz CT molecular complexity index is 437. The van der Waals surface area contributed by atoms with Gasteiger partial charge in [-0.3, -0.25) is 9.59 Å². The molecule has 0 aliphatic carbocycles. The van der Waals surface area contributed by atoms with Crippen molar-refractivity contribution in [1.29, 1.82) is 0 Å². The molecule has 1 aromatic rings. The molecule has 104 valence electrons. The Kier molecular flexibility index (Phi) is 5.55. The summed E-state index contributed by atoms with van der Waals surface area (Å²) in [6, 6.07) is 7.83. The van der Waals surface area contributed by atoms with Gasteiger partial charge in [0.2, 0.25) is 5.91 Å². The zero-order chi connectivity index (χ0) is 14.4. The number of amides is 1. The van der Waals surface area contributed by atoms with Crippen LogP contribution in [0.3, 0.4) is 0 Å². The van der Waals surface area contributed by atoms with Gasteiger partial charge in [-0.05, 0) is 32.9 Å². The molecule has 0 saturated carbocycles. The number of nitrogens with zero attached hydrogens (tertiary/aromatic N) is 1. The summed E-state index contributed by atoms with van der Waals surface area (Å²) in [6.07, 6.45) is 0.281. The fourth-order valence-electron chi connectivity index (χ4n) is 1.87. The minimum absolute atomic E-state index is 0.0489. The van der Waals surface area contributed by atoms with E-state index in [9.17, 15) is 9.59 Å². The van der Waals surface area contributed by atoms with Gasteiger partial charge in [-0.15, -0.1) is 0 Å². The number of anilines is 1. The third-order valence-corrected chi connectivity index (χ3v) is 2.87. The molecule has 19 heavy (non-hydrogen) atoms. The van der Waals surface area contributed by atoms with Crippen LogP contribution in [-0.4, -0.2) is 25.0 Å². The third-order valence-electron chi connectivity index (χ3n) is 2.87. The van der Waals surface area contributed by atoms with Crippen LogP contribution in [0.5, 0.6) is 0 Å². The van der Waals surface area contributed by atoms with Crippen LogP contribution < -0.4 is 4.90 Å². The van der Waals surface area contributed by atoms with Crippen molar-refractivity contribution in [2.24, 2.45) is 0 Å². The number of methoxy groups -OCH3 is 1. The van der Waals surface area contributed by atoms with E-state index in [-0.39, 0.29) is 30.8 Å². The number of esters is 1. The summed E-state index contributed by atoms with van der Waals surface area (Å²) in [5, 5.41) is 0. The second-order valence-corrected chi connectivity index (χ2v) is 4.77. The van der Waals surface area contributed by atoms with E-state index in [0.717, 1.165) is 11.3 Å². The minimum Gasteiger partial charge on any atom is -0.469 e. The Labute approximate surface area is 114 Å². The standard InChI is InChI=1S/C15H21NO3/c1-11(2)16(13-7-5-12(3)6-8-13)14(17)9-10-15(18)19-4/h5-8,11H,9-10H2,1-4H3. The van der Waals surface area contributed by atoms with Gasteiger partial charge in [0, 0.05) is 18.2 Å². The zero-order valence-electron chi connectivity index (χ0n) is 12.0. The lowest BCUT2D eigenvalue weighted by Gasteiger charge is -2.27. The number of carbonyl (C=O) groups is 2. The van der Waals surface area contributed by atoms with Crippen molar-refractivity contribution in [2.75, 3.05) is 12.0 Å². The van der Waals surface area contributed by atoms with E-state index in [1.54, 1.807) is 4.90 Å². The maximum atomic E-state index is 12.2. The number of aryl methyl sites for hydroxylation is 1. The van der Waals surface area contributed by atoms with Crippen molar-refractivity contribution in [3.8, 4) is 0 Å². The SMILES string of the molecule is COC(=O)CCC(=O)N(c1ccc(C)cc1)C(C)C. The van der Waals surface area contributed by atoms with Gasteiger partial charge in [0.25, 0.3) is 0 Å². The lowest BCUT2D eigenvalue weighted by molar-refractivity contribution is -0.141. The molecule has 0 bridgehead atoms. The molecule has 0 aliphatic heterocycles. The predicted molar refractivity (Wildman–Crippen MR) is 75.1 cm³/mol. The average molecular weight is 263 g/mol. The highest BCUT2D eigenvalue weighted by Gasteiger charge is 2.19. The number of carbonyl (C=O) groups excluding carboxylic acids is 2. The van der Waals surface area contributed by atoms with Crippen LogP contribution in [0, 0.1) is 6.92 Å². The quantitative estimate of drug-likeness (QED) is 0.767. The molecule has 1 aromatic carbocycles. The largest absolute Gasteiger partial charge is 0.469 e. The van der Waals surface area contributed by atoms with Crippen LogP contribution in [0.15, 0.2) is 24.3 Å². The van der Waals surface area contributed by atoms with E-state index in [0.29, 0.717) is 0 Å². The summed E-state index contributed by atoms with van der Waals surface area (Å²) in [4.78, 5) is 25.0. The van der Waals surface area contributed by atoms with E-state index in [1.807, 2.05) is 45.0 Å². The third kappa shape index (κ3) is 4.39. The molecule has 0 fully saturated rings. The zero-order valence-corrected chi connectivity index (χ0v) is 12.0. The van der Waals surface area contributed by atoms with E-state index >= 15 is 0 Å². The molecule has 0 saturated heterocycles. The molecule has 0 radical (unpaired) electrons. The van der Waals surface area contributed by atoms with Gasteiger partial charge in [0.1, 0.15) is 0 Å². The first-order valence-corrected chi connectivity index (χ1v) is 6.41. The van der Waals surface area contributed by atoms with Crippen LogP contribution in [0.25, 0.3) is 0 Å². The number of hydrogen-bond acceptors (Lipinski definition) is 3. The van der Waals surface area contributed by atoms with Crippen LogP contribution in [0.1, 0.15) is 32.3 Å². The molecule has 0 N–H and O–H groups in total. The molecule has 1 amide bonds. The molecule has 0 aromatic heterocycles. The van der Waals surface area contributed by atoms with E-state index < -0.39 is 0 Å². The fourth-order valence-corrected chi connectivity index (χ4v) is 1.87. The lowest BCUT2D eigenvalue weighted by Crippen LogP contribution is -2.37. The first-order chi connectivity index (χ1) is 8.95. The Balaban J connectivity index is 2.80. The van der Waals surface area contributed by atoms with E-state index in [4.69, 9.17) is 0 Å². The average Bonchev–Trinajstić information content (AvgIpc) is 2.38. The molecule has 4 nitrogen and oxygen atoms in total. The highest BCUT2D eigenvalue weighted by molar-refractivity contribution is 5.95. The van der Waals surface area contributed by atoms with Crippen LogP contribution in [0.4, 0.5) is 5.69 Å². The Morgan fingerprint density at radius 2 is 1.74 bits per heavy atom. The van der Waals surface area contributed by atoms with Crippen LogP contribution in [-0.2, 0) is 14.3 Å². The summed E-state index contributed by atoms with van der Waals surface area (Å²) in [6.45, 7) is 5.91. The second kappa shape index (κ2) is 6.92. The molecule has 1 rings (SSSR count). The Morgan fingerprint density at radius 1 is 1.16 bits per heavy atom. The smallest absolute Gasteiger partial charge is 0.306 e. The van der Waals surface area contributed by atoms with Crippen molar-refractivity contribution >= 4 is 17.6 Å².